The van der Waals surface area contributed by atoms with Crippen molar-refractivity contribution >= 4 is 11.8 Å². The van der Waals surface area contributed by atoms with Gasteiger partial charge in [0.1, 0.15) is 5.75 Å². The Morgan fingerprint density at radius 2 is 2.00 bits per heavy atom. The molecule has 102 valence electrons. The minimum atomic E-state index is -4.64. The smallest absolute Gasteiger partial charge is 0.405 e. The molecule has 1 aromatic rings. The van der Waals surface area contributed by atoms with Gasteiger partial charge in [0.2, 0.25) is 0 Å². The van der Waals surface area contributed by atoms with E-state index in [-0.39, 0.29) is 5.75 Å². The summed E-state index contributed by atoms with van der Waals surface area (Å²) in [6, 6.07) is 6.18. The second-order valence-electron chi connectivity index (χ2n) is 3.68. The van der Waals surface area contributed by atoms with Crippen molar-refractivity contribution in [3.63, 3.8) is 0 Å². The zero-order chi connectivity index (χ0) is 13.4. The third kappa shape index (κ3) is 6.16. The maximum Gasteiger partial charge on any atom is 0.573 e. The van der Waals surface area contributed by atoms with E-state index in [4.69, 9.17) is 0 Å². The lowest BCUT2D eigenvalue weighted by Crippen LogP contribution is -2.20. The van der Waals surface area contributed by atoms with E-state index in [0.29, 0.717) is 12.1 Å². The highest BCUT2D eigenvalue weighted by molar-refractivity contribution is 7.98. The Bertz CT molecular complexity index is 357. The summed E-state index contributed by atoms with van der Waals surface area (Å²) in [6.45, 7) is 1.15. The van der Waals surface area contributed by atoms with Crippen molar-refractivity contribution in [2.75, 3.05) is 18.6 Å². The van der Waals surface area contributed by atoms with Crippen LogP contribution in [0.25, 0.3) is 0 Å². The first-order chi connectivity index (χ1) is 8.53. The summed E-state index contributed by atoms with van der Waals surface area (Å²) in [5.74, 6) is 0.899. The molecular weight excluding hydrogens is 263 g/mol. The van der Waals surface area contributed by atoms with Crippen LogP contribution in [0.5, 0.6) is 5.75 Å². The second kappa shape index (κ2) is 7.53. The minimum absolute atomic E-state index is 0.137. The van der Waals surface area contributed by atoms with Crippen LogP contribution in [0.3, 0.4) is 0 Å². The first kappa shape index (κ1) is 15.2. The van der Waals surface area contributed by atoms with E-state index in [1.54, 1.807) is 23.9 Å². The molecule has 0 unspecified atom stereocenters. The highest BCUT2D eigenvalue weighted by Gasteiger charge is 2.31. The zero-order valence-corrected chi connectivity index (χ0v) is 10.9. The Morgan fingerprint density at radius 1 is 1.28 bits per heavy atom. The molecule has 0 spiro atoms. The number of para-hydroxylation sites is 1. The lowest BCUT2D eigenvalue weighted by atomic mass is 10.2. The Morgan fingerprint density at radius 3 is 2.67 bits per heavy atom. The van der Waals surface area contributed by atoms with Crippen molar-refractivity contribution in [3.05, 3.63) is 29.8 Å². The molecule has 2 nitrogen and oxygen atoms in total. The van der Waals surface area contributed by atoms with Crippen LogP contribution < -0.4 is 10.1 Å². The van der Waals surface area contributed by atoms with Gasteiger partial charge >= 0.3 is 6.36 Å². The number of nitrogens with one attached hydrogen (secondary N) is 1. The number of thioether (sulfide) groups is 1. The Labute approximate surface area is 109 Å². The van der Waals surface area contributed by atoms with Crippen LogP contribution in [0.4, 0.5) is 13.2 Å². The predicted octanol–water partition coefficient (Wildman–Crippen LogP) is 3.43. The van der Waals surface area contributed by atoms with Crippen molar-refractivity contribution in [3.8, 4) is 5.75 Å². The summed E-state index contributed by atoms with van der Waals surface area (Å²) in [4.78, 5) is 0. The van der Waals surface area contributed by atoms with Gasteiger partial charge in [-0.15, -0.1) is 13.2 Å². The van der Waals surface area contributed by atoms with Crippen LogP contribution >= 0.6 is 11.8 Å². The van der Waals surface area contributed by atoms with Crippen LogP contribution in [0.1, 0.15) is 12.0 Å². The molecule has 1 rings (SSSR count). The van der Waals surface area contributed by atoms with E-state index in [2.05, 4.69) is 10.1 Å². The van der Waals surface area contributed by atoms with Crippen LogP contribution in [-0.2, 0) is 6.54 Å². The van der Waals surface area contributed by atoms with Gasteiger partial charge in [0, 0.05) is 12.1 Å². The van der Waals surface area contributed by atoms with Gasteiger partial charge in [0.15, 0.2) is 0 Å². The van der Waals surface area contributed by atoms with Crippen LogP contribution in [-0.4, -0.2) is 24.9 Å². The number of ether oxygens (including phenoxy) is 1. The average Bonchev–Trinajstić information content (AvgIpc) is 2.29. The molecule has 0 fully saturated rings. The van der Waals surface area contributed by atoms with Gasteiger partial charge in [-0.1, -0.05) is 18.2 Å². The van der Waals surface area contributed by atoms with Crippen molar-refractivity contribution in [2.45, 2.75) is 19.3 Å². The monoisotopic (exact) mass is 279 g/mol. The summed E-state index contributed by atoms with van der Waals surface area (Å²) in [6.07, 6.45) is -1.63. The standard InChI is InChI=1S/C12H16F3NOS/c1-18-8-4-7-16-9-10-5-2-3-6-11(10)17-12(13,14)15/h2-3,5-6,16H,4,7-9H2,1H3. The van der Waals surface area contributed by atoms with E-state index in [1.807, 2.05) is 6.26 Å². The molecule has 0 heterocycles. The largest absolute Gasteiger partial charge is 0.573 e. The molecule has 6 heteroatoms. The maximum absolute atomic E-state index is 12.2. The number of benzene rings is 1. The fourth-order valence-electron chi connectivity index (χ4n) is 1.44. The van der Waals surface area contributed by atoms with Gasteiger partial charge in [0.05, 0.1) is 0 Å². The third-order valence-corrected chi connectivity index (χ3v) is 2.91. The normalized spacial score (nSPS) is 11.6. The predicted molar refractivity (Wildman–Crippen MR) is 67.8 cm³/mol. The van der Waals surface area contributed by atoms with Crippen LogP contribution in [0, 0.1) is 0 Å². The van der Waals surface area contributed by atoms with E-state index in [1.165, 1.54) is 12.1 Å². The van der Waals surface area contributed by atoms with Crippen LogP contribution in [0.15, 0.2) is 24.3 Å². The first-order valence-corrected chi connectivity index (χ1v) is 6.95. The summed E-state index contributed by atoms with van der Waals surface area (Å²) in [7, 11) is 0. The van der Waals surface area contributed by atoms with Gasteiger partial charge in [-0.05, 0) is 31.0 Å². The molecule has 0 aromatic heterocycles. The lowest BCUT2D eigenvalue weighted by Gasteiger charge is -2.13. The number of halogens is 3. The Hall–Kier alpha value is -0.880. The molecule has 0 atom stereocenters. The average molecular weight is 279 g/mol. The molecular formula is C12H16F3NOS. The maximum atomic E-state index is 12.2. The molecule has 1 N–H and O–H groups in total. The summed E-state index contributed by atoms with van der Waals surface area (Å²) >= 11 is 1.75. The number of rotatable bonds is 7. The fraction of sp³-hybridized carbons (Fsp3) is 0.500. The van der Waals surface area contributed by atoms with Crippen LogP contribution in [0.2, 0.25) is 0 Å². The number of alkyl halides is 3. The molecule has 1 aromatic carbocycles. The molecule has 0 aliphatic heterocycles. The van der Waals surface area contributed by atoms with Gasteiger partial charge in [-0.25, -0.2) is 0 Å². The zero-order valence-electron chi connectivity index (χ0n) is 10.1. The Kier molecular flexibility index (Phi) is 6.35. The molecule has 0 saturated heterocycles. The summed E-state index contributed by atoms with van der Waals surface area (Å²) in [5.41, 5.74) is 0.513. The van der Waals surface area contributed by atoms with E-state index in [9.17, 15) is 13.2 Å². The minimum Gasteiger partial charge on any atom is -0.405 e. The highest BCUT2D eigenvalue weighted by atomic mass is 32.2. The molecule has 0 amide bonds. The second-order valence-corrected chi connectivity index (χ2v) is 4.66. The molecule has 0 radical (unpaired) electrons. The molecule has 18 heavy (non-hydrogen) atoms. The summed E-state index contributed by atoms with van der Waals surface area (Å²) < 4.78 is 40.5. The van der Waals surface area contributed by atoms with Crippen molar-refractivity contribution < 1.29 is 17.9 Å². The third-order valence-electron chi connectivity index (χ3n) is 2.22. The SMILES string of the molecule is CSCCCNCc1ccccc1OC(F)(F)F. The highest BCUT2D eigenvalue weighted by Crippen LogP contribution is 2.25. The van der Waals surface area contributed by atoms with Gasteiger partial charge in [-0.2, -0.15) is 11.8 Å². The molecule has 0 saturated carbocycles. The topological polar surface area (TPSA) is 21.3 Å². The van der Waals surface area contributed by atoms with E-state index >= 15 is 0 Å². The van der Waals surface area contributed by atoms with Crippen molar-refractivity contribution in [1.29, 1.82) is 0 Å². The van der Waals surface area contributed by atoms with Crippen molar-refractivity contribution in [2.24, 2.45) is 0 Å². The fourth-order valence-corrected chi connectivity index (χ4v) is 1.87. The van der Waals surface area contributed by atoms with Gasteiger partial charge < -0.3 is 10.1 Å². The molecule has 0 bridgehead atoms. The van der Waals surface area contributed by atoms with Gasteiger partial charge in [0.25, 0.3) is 0 Å². The van der Waals surface area contributed by atoms with Gasteiger partial charge in [-0.3, -0.25) is 0 Å². The van der Waals surface area contributed by atoms with E-state index in [0.717, 1.165) is 18.7 Å². The summed E-state index contributed by atoms with van der Waals surface area (Å²) in [5, 5.41) is 3.10. The quantitative estimate of drug-likeness (QED) is 0.773. The number of hydrogen-bond acceptors (Lipinski definition) is 3. The molecule has 0 aliphatic carbocycles. The first-order valence-electron chi connectivity index (χ1n) is 5.56. The van der Waals surface area contributed by atoms with E-state index < -0.39 is 6.36 Å². The lowest BCUT2D eigenvalue weighted by molar-refractivity contribution is -0.274. The Balaban J connectivity index is 2.49. The number of hydrogen-bond donors (Lipinski definition) is 1. The molecule has 0 aliphatic rings. The van der Waals surface area contributed by atoms with Crippen molar-refractivity contribution in [1.82, 2.24) is 5.32 Å².